The molecular formula is C14H20N2O4. The van der Waals surface area contributed by atoms with E-state index in [4.69, 9.17) is 15.6 Å². The third-order valence-electron chi connectivity index (χ3n) is 2.80. The Hall–Kier alpha value is -2.08. The fourth-order valence-electron chi connectivity index (χ4n) is 1.93. The Morgan fingerprint density at radius 3 is 2.60 bits per heavy atom. The molecule has 1 rings (SSSR count). The number of hydrogen-bond donors (Lipinski definition) is 2. The van der Waals surface area contributed by atoms with E-state index in [0.717, 1.165) is 0 Å². The van der Waals surface area contributed by atoms with Gasteiger partial charge in [-0.05, 0) is 18.1 Å². The number of carboxylic acids is 1. The summed E-state index contributed by atoms with van der Waals surface area (Å²) in [6.07, 6.45) is 0.204. The Labute approximate surface area is 118 Å². The van der Waals surface area contributed by atoms with Gasteiger partial charge in [0.25, 0.3) is 0 Å². The summed E-state index contributed by atoms with van der Waals surface area (Å²) in [6.45, 7) is 1.90. The summed E-state index contributed by atoms with van der Waals surface area (Å²) < 4.78 is 4.98. The van der Waals surface area contributed by atoms with Crippen molar-refractivity contribution in [1.82, 2.24) is 0 Å². The number of carbonyl (C=O) groups excluding carboxylic acids is 1. The number of carboxylic acid groups (broad SMARTS) is 1. The number of amides is 1. The molecule has 110 valence electrons. The van der Waals surface area contributed by atoms with E-state index < -0.39 is 12.5 Å². The minimum atomic E-state index is -1.08. The maximum Gasteiger partial charge on any atom is 0.323 e. The summed E-state index contributed by atoms with van der Waals surface area (Å²) in [5, 5.41) is 8.96. The van der Waals surface area contributed by atoms with Crippen molar-refractivity contribution >= 4 is 23.3 Å². The third kappa shape index (κ3) is 4.55. The van der Waals surface area contributed by atoms with E-state index in [0.29, 0.717) is 18.0 Å². The molecule has 0 bridgehead atoms. The van der Waals surface area contributed by atoms with Gasteiger partial charge in [0, 0.05) is 20.1 Å². The van der Waals surface area contributed by atoms with Crippen LogP contribution in [0, 0.1) is 5.92 Å². The van der Waals surface area contributed by atoms with Crippen LogP contribution >= 0.6 is 0 Å². The molecule has 0 saturated carbocycles. The lowest BCUT2D eigenvalue weighted by Crippen LogP contribution is -2.37. The molecule has 0 spiro atoms. The summed E-state index contributed by atoms with van der Waals surface area (Å²) in [5.41, 5.74) is 6.61. The van der Waals surface area contributed by atoms with Gasteiger partial charge in [0.1, 0.15) is 6.54 Å². The number of para-hydroxylation sites is 2. The van der Waals surface area contributed by atoms with Gasteiger partial charge in [0.05, 0.1) is 11.4 Å². The molecule has 0 radical (unpaired) electrons. The molecule has 20 heavy (non-hydrogen) atoms. The lowest BCUT2D eigenvalue weighted by Gasteiger charge is -2.23. The van der Waals surface area contributed by atoms with Crippen LogP contribution in [-0.2, 0) is 14.3 Å². The Bertz CT molecular complexity index is 476. The van der Waals surface area contributed by atoms with E-state index in [9.17, 15) is 9.59 Å². The SMILES string of the molecule is COCC(C)CC(=O)N(CC(=O)O)c1ccccc1N. The number of nitrogen functional groups attached to an aromatic ring is 1. The molecule has 0 saturated heterocycles. The van der Waals surface area contributed by atoms with Crippen molar-refractivity contribution in [3.63, 3.8) is 0 Å². The van der Waals surface area contributed by atoms with Gasteiger partial charge < -0.3 is 15.6 Å². The van der Waals surface area contributed by atoms with Crippen LogP contribution in [0.25, 0.3) is 0 Å². The van der Waals surface area contributed by atoms with Gasteiger partial charge in [-0.1, -0.05) is 19.1 Å². The summed E-state index contributed by atoms with van der Waals surface area (Å²) in [6, 6.07) is 6.72. The summed E-state index contributed by atoms with van der Waals surface area (Å²) >= 11 is 0. The molecule has 0 fully saturated rings. The number of ether oxygens (including phenoxy) is 1. The molecule has 6 heteroatoms. The molecule has 1 aromatic rings. The number of anilines is 2. The molecule has 1 amide bonds. The Kier molecular flexibility index (Phi) is 5.99. The number of rotatable bonds is 7. The van der Waals surface area contributed by atoms with Crippen LogP contribution in [0.15, 0.2) is 24.3 Å². The van der Waals surface area contributed by atoms with Crippen LogP contribution in [0.4, 0.5) is 11.4 Å². The highest BCUT2D eigenvalue weighted by Crippen LogP contribution is 2.23. The van der Waals surface area contributed by atoms with Crippen molar-refractivity contribution in [2.75, 3.05) is 30.9 Å². The van der Waals surface area contributed by atoms with Gasteiger partial charge in [-0.15, -0.1) is 0 Å². The van der Waals surface area contributed by atoms with E-state index in [1.807, 2.05) is 6.92 Å². The minimum absolute atomic E-state index is 0.00808. The fraction of sp³-hybridized carbons (Fsp3) is 0.429. The fourth-order valence-corrected chi connectivity index (χ4v) is 1.93. The first-order valence-corrected chi connectivity index (χ1v) is 6.31. The summed E-state index contributed by atoms with van der Waals surface area (Å²) in [7, 11) is 1.56. The smallest absolute Gasteiger partial charge is 0.323 e. The number of carbonyl (C=O) groups is 2. The van der Waals surface area contributed by atoms with E-state index in [1.54, 1.807) is 31.4 Å². The number of nitrogens with zero attached hydrogens (tertiary/aromatic N) is 1. The molecule has 0 aliphatic carbocycles. The summed E-state index contributed by atoms with van der Waals surface area (Å²) in [4.78, 5) is 24.4. The second kappa shape index (κ2) is 7.49. The van der Waals surface area contributed by atoms with Crippen molar-refractivity contribution < 1.29 is 19.4 Å². The third-order valence-corrected chi connectivity index (χ3v) is 2.80. The number of nitrogens with two attached hydrogens (primary N) is 1. The second-order valence-electron chi connectivity index (χ2n) is 4.70. The Morgan fingerprint density at radius 2 is 2.05 bits per heavy atom. The largest absolute Gasteiger partial charge is 0.480 e. The van der Waals surface area contributed by atoms with E-state index in [2.05, 4.69) is 0 Å². The van der Waals surface area contributed by atoms with Crippen molar-refractivity contribution in [3.05, 3.63) is 24.3 Å². The van der Waals surface area contributed by atoms with E-state index in [1.165, 1.54) is 4.90 Å². The van der Waals surface area contributed by atoms with E-state index >= 15 is 0 Å². The number of aliphatic carboxylic acids is 1. The van der Waals surface area contributed by atoms with Gasteiger partial charge in [-0.3, -0.25) is 14.5 Å². The standard InChI is InChI=1S/C14H20N2O4/c1-10(9-20-2)7-13(17)16(8-14(18)19)12-6-4-3-5-11(12)15/h3-6,10H,7-9,15H2,1-2H3,(H,18,19). The molecule has 0 aliphatic rings. The molecule has 1 atom stereocenters. The number of methoxy groups -OCH3 is 1. The molecule has 3 N–H and O–H groups in total. The van der Waals surface area contributed by atoms with Crippen LogP contribution in [0.5, 0.6) is 0 Å². The minimum Gasteiger partial charge on any atom is -0.480 e. The van der Waals surface area contributed by atoms with Crippen LogP contribution in [-0.4, -0.2) is 37.2 Å². The number of benzene rings is 1. The van der Waals surface area contributed by atoms with Gasteiger partial charge in [0.2, 0.25) is 5.91 Å². The molecule has 1 aromatic carbocycles. The molecule has 6 nitrogen and oxygen atoms in total. The van der Waals surface area contributed by atoms with Crippen molar-refractivity contribution in [1.29, 1.82) is 0 Å². The Balaban J connectivity index is 2.92. The predicted octanol–water partition coefficient (Wildman–Crippen LogP) is 1.36. The first-order chi connectivity index (χ1) is 9.45. The van der Waals surface area contributed by atoms with Crippen molar-refractivity contribution in [3.8, 4) is 0 Å². The zero-order valence-electron chi connectivity index (χ0n) is 11.7. The number of hydrogen-bond acceptors (Lipinski definition) is 4. The lowest BCUT2D eigenvalue weighted by atomic mass is 10.1. The first-order valence-electron chi connectivity index (χ1n) is 6.31. The van der Waals surface area contributed by atoms with Crippen LogP contribution in [0.3, 0.4) is 0 Å². The highest BCUT2D eigenvalue weighted by molar-refractivity contribution is 5.99. The first kappa shape index (κ1) is 16.0. The van der Waals surface area contributed by atoms with Crippen LogP contribution < -0.4 is 10.6 Å². The average molecular weight is 280 g/mol. The van der Waals surface area contributed by atoms with Gasteiger partial charge in [0.15, 0.2) is 0 Å². The highest BCUT2D eigenvalue weighted by atomic mass is 16.5. The lowest BCUT2D eigenvalue weighted by molar-refractivity contribution is -0.136. The maximum absolute atomic E-state index is 12.3. The Morgan fingerprint density at radius 1 is 1.40 bits per heavy atom. The zero-order chi connectivity index (χ0) is 15.1. The quantitative estimate of drug-likeness (QED) is 0.736. The second-order valence-corrected chi connectivity index (χ2v) is 4.70. The molecule has 0 aromatic heterocycles. The van der Waals surface area contributed by atoms with Crippen LogP contribution in [0.1, 0.15) is 13.3 Å². The van der Waals surface area contributed by atoms with Crippen molar-refractivity contribution in [2.24, 2.45) is 5.92 Å². The van der Waals surface area contributed by atoms with Crippen molar-refractivity contribution in [2.45, 2.75) is 13.3 Å². The van der Waals surface area contributed by atoms with E-state index in [-0.39, 0.29) is 18.2 Å². The molecule has 0 heterocycles. The maximum atomic E-state index is 12.3. The van der Waals surface area contributed by atoms with Gasteiger partial charge in [-0.25, -0.2) is 0 Å². The van der Waals surface area contributed by atoms with Crippen LogP contribution in [0.2, 0.25) is 0 Å². The molecular weight excluding hydrogens is 260 g/mol. The monoisotopic (exact) mass is 280 g/mol. The molecule has 1 unspecified atom stereocenters. The zero-order valence-corrected chi connectivity index (χ0v) is 11.7. The molecule has 0 aliphatic heterocycles. The van der Waals surface area contributed by atoms with Gasteiger partial charge in [-0.2, -0.15) is 0 Å². The highest BCUT2D eigenvalue weighted by Gasteiger charge is 2.22. The summed E-state index contributed by atoms with van der Waals surface area (Å²) in [5.74, 6) is -1.36. The predicted molar refractivity (Wildman–Crippen MR) is 76.5 cm³/mol. The average Bonchev–Trinajstić information content (AvgIpc) is 2.36. The van der Waals surface area contributed by atoms with Gasteiger partial charge >= 0.3 is 5.97 Å². The normalized spacial score (nSPS) is 11.9. The topological polar surface area (TPSA) is 92.9 Å².